The van der Waals surface area contributed by atoms with Crippen molar-refractivity contribution < 1.29 is 18.0 Å². The fourth-order valence-corrected chi connectivity index (χ4v) is 5.54. The first-order chi connectivity index (χ1) is 21.6. The van der Waals surface area contributed by atoms with Crippen LogP contribution in [-0.2, 0) is 36.2 Å². The number of rotatable bonds is 14. The maximum absolute atomic E-state index is 13.8. The Morgan fingerprint density at radius 3 is 2.16 bits per heavy atom. The highest BCUT2D eigenvalue weighted by Crippen LogP contribution is 2.31. The standard InChI is InChI=1S/C33H37F3N6O2S/c1-4-29-31(44)38-32(45-23-28-9-7-8-18-37-28)42(39-29)22-30(43)41(20-19-40(5-2)6-3)21-24-10-12-25(13-11-24)26-14-16-27(17-15-26)33(34,35)36/h7-18H,4-6,19-23H2,1-3H3. The minimum atomic E-state index is -4.39. The van der Waals surface area contributed by atoms with Crippen LogP contribution in [0, 0.1) is 0 Å². The fourth-order valence-electron chi connectivity index (χ4n) is 4.69. The van der Waals surface area contributed by atoms with Crippen molar-refractivity contribution in [3.8, 4) is 11.1 Å². The third-order valence-corrected chi connectivity index (χ3v) is 8.41. The number of likely N-dealkylation sites (N-methyl/N-ethyl adjacent to an activating group) is 1. The van der Waals surface area contributed by atoms with Crippen LogP contribution in [0.15, 0.2) is 82.9 Å². The van der Waals surface area contributed by atoms with Crippen LogP contribution in [0.1, 0.15) is 43.3 Å². The number of halogens is 3. The number of benzene rings is 2. The zero-order valence-corrected chi connectivity index (χ0v) is 26.4. The van der Waals surface area contributed by atoms with Crippen LogP contribution < -0.4 is 5.56 Å². The Morgan fingerprint density at radius 1 is 0.911 bits per heavy atom. The van der Waals surface area contributed by atoms with Gasteiger partial charge in [0.1, 0.15) is 12.2 Å². The molecule has 8 nitrogen and oxygen atoms in total. The van der Waals surface area contributed by atoms with E-state index in [0.717, 1.165) is 42.0 Å². The van der Waals surface area contributed by atoms with Crippen LogP contribution in [-0.4, -0.2) is 61.6 Å². The summed E-state index contributed by atoms with van der Waals surface area (Å²) >= 11 is 1.30. The molecule has 4 rings (SSSR count). The Labute approximate surface area is 265 Å². The number of aryl methyl sites for hydroxylation is 1. The summed E-state index contributed by atoms with van der Waals surface area (Å²) in [6.07, 6.45) is -2.30. The van der Waals surface area contributed by atoms with Gasteiger partial charge in [0.15, 0.2) is 5.16 Å². The van der Waals surface area contributed by atoms with E-state index in [2.05, 4.69) is 33.8 Å². The molecule has 0 unspecified atom stereocenters. The van der Waals surface area contributed by atoms with Crippen molar-refractivity contribution in [2.24, 2.45) is 0 Å². The van der Waals surface area contributed by atoms with Crippen molar-refractivity contribution in [2.45, 2.75) is 57.4 Å². The van der Waals surface area contributed by atoms with Gasteiger partial charge in [-0.2, -0.15) is 23.3 Å². The molecule has 0 fully saturated rings. The molecule has 1 amide bonds. The normalized spacial score (nSPS) is 11.6. The number of hydrogen-bond donors (Lipinski definition) is 0. The molecule has 0 saturated carbocycles. The molecule has 45 heavy (non-hydrogen) atoms. The number of nitrogens with zero attached hydrogens (tertiary/aromatic N) is 6. The Hall–Kier alpha value is -4.03. The van der Waals surface area contributed by atoms with Gasteiger partial charge in [0.25, 0.3) is 5.56 Å². The monoisotopic (exact) mass is 638 g/mol. The molecule has 2 aromatic carbocycles. The van der Waals surface area contributed by atoms with E-state index >= 15 is 0 Å². The van der Waals surface area contributed by atoms with E-state index in [1.54, 1.807) is 11.1 Å². The molecule has 0 N–H and O–H groups in total. The predicted molar refractivity (Wildman–Crippen MR) is 170 cm³/mol. The topological polar surface area (TPSA) is 84.2 Å². The second kappa shape index (κ2) is 15.8. The Balaban J connectivity index is 1.54. The van der Waals surface area contributed by atoms with Gasteiger partial charge in [-0.25, -0.2) is 4.68 Å². The lowest BCUT2D eigenvalue weighted by Crippen LogP contribution is -2.40. The second-order valence-corrected chi connectivity index (χ2v) is 11.3. The number of hydrogen-bond acceptors (Lipinski definition) is 7. The van der Waals surface area contributed by atoms with Crippen LogP contribution in [0.2, 0.25) is 0 Å². The van der Waals surface area contributed by atoms with Gasteiger partial charge in [0.05, 0.1) is 11.3 Å². The molecule has 0 aliphatic rings. The first-order valence-electron chi connectivity index (χ1n) is 14.9. The molecular formula is C33H37F3N6O2S. The van der Waals surface area contributed by atoms with E-state index in [1.165, 1.54) is 28.6 Å². The van der Waals surface area contributed by atoms with E-state index in [1.807, 2.05) is 49.4 Å². The molecule has 0 saturated heterocycles. The molecule has 2 heterocycles. The summed E-state index contributed by atoms with van der Waals surface area (Å²) in [5, 5.41) is 4.85. The average molecular weight is 639 g/mol. The molecule has 0 radical (unpaired) electrons. The third kappa shape index (κ3) is 9.48. The van der Waals surface area contributed by atoms with Crippen LogP contribution in [0.25, 0.3) is 11.1 Å². The van der Waals surface area contributed by atoms with Gasteiger partial charge in [-0.3, -0.25) is 14.6 Å². The van der Waals surface area contributed by atoms with Crippen molar-refractivity contribution in [3.05, 3.63) is 106 Å². The first-order valence-corrected chi connectivity index (χ1v) is 15.9. The van der Waals surface area contributed by atoms with Crippen molar-refractivity contribution in [3.63, 3.8) is 0 Å². The first kappa shape index (κ1) is 33.9. The smallest absolute Gasteiger partial charge is 0.335 e. The molecule has 0 bridgehead atoms. The molecule has 4 aromatic rings. The van der Waals surface area contributed by atoms with Gasteiger partial charge in [-0.05, 0) is 60.5 Å². The number of alkyl halides is 3. The van der Waals surface area contributed by atoms with Crippen molar-refractivity contribution in [1.82, 2.24) is 29.5 Å². The lowest BCUT2D eigenvalue weighted by molar-refractivity contribution is -0.137. The number of pyridine rings is 1. The Morgan fingerprint density at radius 2 is 1.58 bits per heavy atom. The highest BCUT2D eigenvalue weighted by molar-refractivity contribution is 7.98. The largest absolute Gasteiger partial charge is 0.416 e. The summed E-state index contributed by atoms with van der Waals surface area (Å²) in [6, 6.07) is 18.1. The van der Waals surface area contributed by atoms with E-state index in [-0.39, 0.29) is 12.5 Å². The average Bonchev–Trinajstić information content (AvgIpc) is 3.05. The van der Waals surface area contributed by atoms with Crippen LogP contribution >= 0.6 is 11.8 Å². The van der Waals surface area contributed by atoms with Gasteiger partial charge in [0.2, 0.25) is 5.91 Å². The van der Waals surface area contributed by atoms with Crippen LogP contribution in [0.5, 0.6) is 0 Å². The zero-order chi connectivity index (χ0) is 32.4. The minimum Gasteiger partial charge on any atom is -0.335 e. The van der Waals surface area contributed by atoms with Gasteiger partial charge >= 0.3 is 6.18 Å². The van der Waals surface area contributed by atoms with E-state index in [0.29, 0.717) is 48.2 Å². The molecular weight excluding hydrogens is 601 g/mol. The van der Waals surface area contributed by atoms with E-state index in [4.69, 9.17) is 0 Å². The van der Waals surface area contributed by atoms with E-state index in [9.17, 15) is 22.8 Å². The number of thioether (sulfide) groups is 1. The number of amides is 1. The summed E-state index contributed by atoms with van der Waals surface area (Å²) in [5.74, 6) is 0.291. The molecule has 0 spiro atoms. The van der Waals surface area contributed by atoms with Crippen molar-refractivity contribution in [2.75, 3.05) is 26.2 Å². The van der Waals surface area contributed by atoms with Crippen molar-refractivity contribution >= 4 is 17.7 Å². The van der Waals surface area contributed by atoms with Crippen LogP contribution in [0.4, 0.5) is 13.2 Å². The summed E-state index contributed by atoms with van der Waals surface area (Å²) in [5.41, 5.74) is 2.33. The summed E-state index contributed by atoms with van der Waals surface area (Å²) in [6.45, 7) is 9.06. The second-order valence-electron chi connectivity index (χ2n) is 10.4. The zero-order valence-electron chi connectivity index (χ0n) is 25.6. The maximum atomic E-state index is 13.8. The predicted octanol–water partition coefficient (Wildman–Crippen LogP) is 5.94. The minimum absolute atomic E-state index is 0.0906. The van der Waals surface area contributed by atoms with Gasteiger partial charge in [-0.1, -0.05) is 75.0 Å². The lowest BCUT2D eigenvalue weighted by atomic mass is 10.0. The fraction of sp³-hybridized carbons (Fsp3) is 0.364. The Bertz CT molecular complexity index is 1590. The van der Waals surface area contributed by atoms with Gasteiger partial charge < -0.3 is 9.80 Å². The summed E-state index contributed by atoms with van der Waals surface area (Å²) in [4.78, 5) is 39.0. The SMILES string of the molecule is CCc1nn(CC(=O)N(CCN(CC)CC)Cc2ccc(-c3ccc(C(F)(F)F)cc3)cc2)c(SCc2ccccn2)nc1=O. The van der Waals surface area contributed by atoms with E-state index < -0.39 is 17.3 Å². The molecule has 0 aliphatic heterocycles. The quantitative estimate of drug-likeness (QED) is 0.158. The van der Waals surface area contributed by atoms with Crippen molar-refractivity contribution in [1.29, 1.82) is 0 Å². The number of carbonyl (C=O) groups excluding carboxylic acids is 1. The van der Waals surface area contributed by atoms with Gasteiger partial charge in [0, 0.05) is 31.6 Å². The number of carbonyl (C=O) groups is 1. The highest BCUT2D eigenvalue weighted by atomic mass is 32.2. The van der Waals surface area contributed by atoms with Gasteiger partial charge in [-0.15, -0.1) is 0 Å². The Kier molecular flexibility index (Phi) is 11.9. The molecule has 2 aromatic heterocycles. The maximum Gasteiger partial charge on any atom is 0.416 e. The highest BCUT2D eigenvalue weighted by Gasteiger charge is 2.30. The molecule has 238 valence electrons. The third-order valence-electron chi connectivity index (χ3n) is 7.41. The molecule has 0 aliphatic carbocycles. The number of aromatic nitrogens is 4. The summed E-state index contributed by atoms with van der Waals surface area (Å²) in [7, 11) is 0. The molecule has 0 atom stereocenters. The molecule has 12 heteroatoms. The lowest BCUT2D eigenvalue weighted by Gasteiger charge is -2.27. The summed E-state index contributed by atoms with van der Waals surface area (Å²) < 4.78 is 40.5. The van der Waals surface area contributed by atoms with Crippen LogP contribution in [0.3, 0.4) is 0 Å².